The molecule has 0 saturated carbocycles. The maximum Gasteiger partial charge on any atom is 0.326 e. The second kappa shape index (κ2) is 7.24. The zero-order valence-corrected chi connectivity index (χ0v) is 12.8. The van der Waals surface area contributed by atoms with Crippen LogP contribution in [0.1, 0.15) is 60.6 Å². The van der Waals surface area contributed by atoms with E-state index in [-0.39, 0.29) is 5.56 Å². The van der Waals surface area contributed by atoms with Gasteiger partial charge in [-0.2, -0.15) is 0 Å². The molecule has 120 valence electrons. The minimum absolute atomic E-state index is 0.00278. The number of carboxylic acids is 1. The number of H-pyrrole nitrogens is 1. The van der Waals surface area contributed by atoms with E-state index in [9.17, 15) is 14.4 Å². The summed E-state index contributed by atoms with van der Waals surface area (Å²) >= 11 is 0. The number of aryl methyl sites for hydroxylation is 2. The Labute approximate surface area is 128 Å². The lowest BCUT2D eigenvalue weighted by Crippen LogP contribution is -2.42. The van der Waals surface area contributed by atoms with Crippen LogP contribution in [0.5, 0.6) is 0 Å². The van der Waals surface area contributed by atoms with E-state index in [0.29, 0.717) is 12.8 Å². The molecule has 1 aromatic rings. The number of hydrogen-bond donors (Lipinski definition) is 3. The van der Waals surface area contributed by atoms with Gasteiger partial charge in [0.05, 0.1) is 0 Å². The van der Waals surface area contributed by atoms with Crippen molar-refractivity contribution in [1.82, 2.24) is 10.3 Å². The summed E-state index contributed by atoms with van der Waals surface area (Å²) in [7, 11) is 0. The predicted molar refractivity (Wildman–Crippen MR) is 82.1 cm³/mol. The lowest BCUT2D eigenvalue weighted by Gasteiger charge is -2.14. The second-order valence-electron chi connectivity index (χ2n) is 5.73. The van der Waals surface area contributed by atoms with Crippen LogP contribution in [0.25, 0.3) is 0 Å². The molecule has 3 N–H and O–H groups in total. The summed E-state index contributed by atoms with van der Waals surface area (Å²) < 4.78 is 0. The van der Waals surface area contributed by atoms with Gasteiger partial charge in [0.15, 0.2) is 0 Å². The first kappa shape index (κ1) is 16.3. The quantitative estimate of drug-likeness (QED) is 0.720. The van der Waals surface area contributed by atoms with E-state index in [1.807, 2.05) is 6.92 Å². The van der Waals surface area contributed by atoms with Crippen molar-refractivity contribution in [1.29, 1.82) is 0 Å². The molecule has 6 heteroatoms. The molecule has 0 fully saturated rings. The fraction of sp³-hybridized carbons (Fsp3) is 0.562. The van der Waals surface area contributed by atoms with E-state index in [4.69, 9.17) is 5.11 Å². The van der Waals surface area contributed by atoms with Crippen LogP contribution in [0, 0.1) is 0 Å². The number of pyridine rings is 1. The van der Waals surface area contributed by atoms with Gasteiger partial charge in [0.25, 0.3) is 11.5 Å². The normalized spacial score (nSPS) is 15.5. The summed E-state index contributed by atoms with van der Waals surface area (Å²) in [5.74, 6) is -1.70. The zero-order valence-electron chi connectivity index (χ0n) is 12.8. The van der Waals surface area contributed by atoms with Crippen molar-refractivity contribution in [3.05, 3.63) is 33.2 Å². The number of aromatic amines is 1. The topological polar surface area (TPSA) is 99.3 Å². The van der Waals surface area contributed by atoms with Crippen LogP contribution >= 0.6 is 0 Å². The van der Waals surface area contributed by atoms with Crippen LogP contribution in [0.3, 0.4) is 0 Å². The standard InChI is InChI=1S/C16H22N2O4/c1-2-6-13(16(21)22)18-15(20)11-9-10-7-4-3-5-8-12(10)17-14(11)19/h9,13H,2-8H2,1H3,(H,17,19)(H,18,20)(H,21,22). The molecular formula is C16H22N2O4. The van der Waals surface area contributed by atoms with Crippen LogP contribution < -0.4 is 10.9 Å². The lowest BCUT2D eigenvalue weighted by atomic mass is 10.1. The van der Waals surface area contributed by atoms with Gasteiger partial charge >= 0.3 is 5.97 Å². The van der Waals surface area contributed by atoms with Crippen molar-refractivity contribution in [3.63, 3.8) is 0 Å². The van der Waals surface area contributed by atoms with Crippen molar-refractivity contribution >= 4 is 11.9 Å². The molecule has 0 spiro atoms. The van der Waals surface area contributed by atoms with Gasteiger partial charge in [-0.15, -0.1) is 0 Å². The monoisotopic (exact) mass is 306 g/mol. The van der Waals surface area contributed by atoms with Gasteiger partial charge in [-0.25, -0.2) is 4.79 Å². The summed E-state index contributed by atoms with van der Waals surface area (Å²) in [6.07, 6.45) is 5.81. The number of fused-ring (bicyclic) bond motifs is 1. The average molecular weight is 306 g/mol. The molecule has 0 aliphatic heterocycles. The van der Waals surface area contributed by atoms with Gasteiger partial charge in [-0.3, -0.25) is 9.59 Å². The fourth-order valence-corrected chi connectivity index (χ4v) is 2.80. The highest BCUT2D eigenvalue weighted by atomic mass is 16.4. The third kappa shape index (κ3) is 3.75. The molecule has 0 saturated heterocycles. The van der Waals surface area contributed by atoms with Crippen molar-refractivity contribution < 1.29 is 14.7 Å². The van der Waals surface area contributed by atoms with Crippen LogP contribution in [-0.2, 0) is 17.6 Å². The molecule has 1 heterocycles. The number of aliphatic carboxylic acids is 1. The van der Waals surface area contributed by atoms with Crippen LogP contribution in [0.15, 0.2) is 10.9 Å². The number of rotatable bonds is 5. The zero-order chi connectivity index (χ0) is 16.1. The Kier molecular flexibility index (Phi) is 5.35. The predicted octanol–water partition coefficient (Wildman–Crippen LogP) is 1.63. The summed E-state index contributed by atoms with van der Waals surface area (Å²) in [6, 6.07) is 0.662. The van der Waals surface area contributed by atoms with Crippen molar-refractivity contribution in [3.8, 4) is 0 Å². The smallest absolute Gasteiger partial charge is 0.326 e. The first-order valence-electron chi connectivity index (χ1n) is 7.81. The molecule has 0 radical (unpaired) electrons. The van der Waals surface area contributed by atoms with Crippen molar-refractivity contribution in [2.45, 2.75) is 57.9 Å². The molecule has 1 aromatic heterocycles. The van der Waals surface area contributed by atoms with Crippen molar-refractivity contribution in [2.24, 2.45) is 0 Å². The first-order valence-corrected chi connectivity index (χ1v) is 7.81. The number of carbonyl (C=O) groups excluding carboxylic acids is 1. The highest BCUT2D eigenvalue weighted by molar-refractivity contribution is 5.96. The average Bonchev–Trinajstić information content (AvgIpc) is 2.70. The Morgan fingerprint density at radius 3 is 2.73 bits per heavy atom. The molecule has 1 unspecified atom stereocenters. The summed E-state index contributed by atoms with van der Waals surface area (Å²) in [6.45, 7) is 1.84. The minimum atomic E-state index is -1.08. The lowest BCUT2D eigenvalue weighted by molar-refractivity contribution is -0.139. The SMILES string of the molecule is CCCC(NC(=O)c1cc2c([nH]c1=O)CCCCC2)C(=O)O. The van der Waals surface area contributed by atoms with Crippen molar-refractivity contribution in [2.75, 3.05) is 0 Å². The first-order chi connectivity index (χ1) is 10.5. The van der Waals surface area contributed by atoms with E-state index in [1.54, 1.807) is 6.07 Å². The van der Waals surface area contributed by atoms with E-state index in [2.05, 4.69) is 10.3 Å². The Balaban J connectivity index is 2.24. The van der Waals surface area contributed by atoms with Gasteiger partial charge in [0.1, 0.15) is 11.6 Å². The summed E-state index contributed by atoms with van der Waals surface area (Å²) in [5, 5.41) is 11.5. The molecule has 1 aliphatic rings. The second-order valence-corrected chi connectivity index (χ2v) is 5.73. The Morgan fingerprint density at radius 2 is 2.05 bits per heavy atom. The van der Waals surface area contributed by atoms with E-state index < -0.39 is 23.5 Å². The van der Waals surface area contributed by atoms with Gasteiger partial charge in [-0.05, 0) is 43.7 Å². The Morgan fingerprint density at radius 1 is 1.32 bits per heavy atom. The van der Waals surface area contributed by atoms with Gasteiger partial charge in [0.2, 0.25) is 0 Å². The Bertz CT molecular complexity index is 621. The van der Waals surface area contributed by atoms with E-state index in [0.717, 1.165) is 43.4 Å². The number of carbonyl (C=O) groups is 2. The van der Waals surface area contributed by atoms with Gasteiger partial charge in [-0.1, -0.05) is 19.8 Å². The largest absolute Gasteiger partial charge is 0.480 e. The highest BCUT2D eigenvalue weighted by Crippen LogP contribution is 2.18. The summed E-state index contributed by atoms with van der Waals surface area (Å²) in [4.78, 5) is 38.2. The minimum Gasteiger partial charge on any atom is -0.480 e. The Hall–Kier alpha value is -2.11. The molecule has 1 aliphatic carbocycles. The van der Waals surface area contributed by atoms with Gasteiger partial charge < -0.3 is 15.4 Å². The molecule has 0 aromatic carbocycles. The number of nitrogens with one attached hydrogen (secondary N) is 2. The molecule has 22 heavy (non-hydrogen) atoms. The number of amides is 1. The van der Waals surface area contributed by atoms with E-state index >= 15 is 0 Å². The third-order valence-corrected chi connectivity index (χ3v) is 4.01. The molecule has 1 atom stereocenters. The van der Waals surface area contributed by atoms with Crippen LogP contribution in [-0.4, -0.2) is 28.0 Å². The molecule has 1 amide bonds. The van der Waals surface area contributed by atoms with Crippen LogP contribution in [0.2, 0.25) is 0 Å². The highest BCUT2D eigenvalue weighted by Gasteiger charge is 2.22. The molecular weight excluding hydrogens is 284 g/mol. The molecule has 0 bridgehead atoms. The maximum atomic E-state index is 12.2. The molecule has 6 nitrogen and oxygen atoms in total. The number of hydrogen-bond acceptors (Lipinski definition) is 3. The van der Waals surface area contributed by atoms with Gasteiger partial charge in [0, 0.05) is 5.69 Å². The van der Waals surface area contributed by atoms with E-state index in [1.165, 1.54) is 0 Å². The maximum absolute atomic E-state index is 12.2. The molecule has 2 rings (SSSR count). The third-order valence-electron chi connectivity index (χ3n) is 4.01. The summed E-state index contributed by atoms with van der Waals surface area (Å²) in [5.41, 5.74) is 1.45. The number of aromatic nitrogens is 1. The number of carboxylic acid groups (broad SMARTS) is 1. The fourth-order valence-electron chi connectivity index (χ4n) is 2.80. The van der Waals surface area contributed by atoms with Crippen LogP contribution in [0.4, 0.5) is 0 Å².